The number of hydrogen-bond acceptors (Lipinski definition) is 4. The first kappa shape index (κ1) is 11.4. The van der Waals surface area contributed by atoms with Gasteiger partial charge in [0.1, 0.15) is 11.6 Å². The summed E-state index contributed by atoms with van der Waals surface area (Å²) in [6, 6.07) is 3.61. The van der Waals surface area contributed by atoms with Crippen LogP contribution in [-0.4, -0.2) is 19.9 Å². The molecular weight excluding hydrogens is 318 g/mol. The zero-order valence-electron chi connectivity index (χ0n) is 8.98. The number of nitrogens with zero attached hydrogens (tertiary/aromatic N) is 3. The predicted molar refractivity (Wildman–Crippen MR) is 74.2 cm³/mol. The van der Waals surface area contributed by atoms with Gasteiger partial charge >= 0.3 is 0 Å². The number of anilines is 1. The summed E-state index contributed by atoms with van der Waals surface area (Å²) in [5.41, 5.74) is 7.91. The molecule has 5 nitrogen and oxygen atoms in total. The fraction of sp³-hybridized carbons (Fsp3) is 0. The number of aromatic amines is 1. The molecule has 0 atom stereocenters. The maximum absolute atomic E-state index is 5.88. The highest BCUT2D eigenvalue weighted by atomic mass is 79.9. The second kappa shape index (κ2) is 4.22. The van der Waals surface area contributed by atoms with Crippen LogP contribution in [0.1, 0.15) is 0 Å². The van der Waals surface area contributed by atoms with Gasteiger partial charge in [-0.05, 0) is 28.1 Å². The molecule has 18 heavy (non-hydrogen) atoms. The van der Waals surface area contributed by atoms with Gasteiger partial charge in [0, 0.05) is 16.9 Å². The van der Waals surface area contributed by atoms with E-state index in [1.54, 1.807) is 18.5 Å². The van der Waals surface area contributed by atoms with Crippen molar-refractivity contribution < 1.29 is 0 Å². The molecule has 0 radical (unpaired) electrons. The SMILES string of the molecule is Nc1ncc(Br)cc1-c1nc2ncc(Cl)cc2[nH]1. The summed E-state index contributed by atoms with van der Waals surface area (Å²) in [6.07, 6.45) is 3.19. The lowest BCUT2D eigenvalue weighted by Gasteiger charge is -2.01. The third-order valence-corrected chi connectivity index (χ3v) is 3.08. The van der Waals surface area contributed by atoms with Crippen molar-refractivity contribution in [2.24, 2.45) is 0 Å². The van der Waals surface area contributed by atoms with Crippen molar-refractivity contribution >= 4 is 44.5 Å². The average Bonchev–Trinajstić information content (AvgIpc) is 2.74. The zero-order chi connectivity index (χ0) is 12.7. The lowest BCUT2D eigenvalue weighted by Crippen LogP contribution is -1.94. The zero-order valence-corrected chi connectivity index (χ0v) is 11.3. The van der Waals surface area contributed by atoms with Crippen LogP contribution in [-0.2, 0) is 0 Å². The Morgan fingerprint density at radius 2 is 2.06 bits per heavy atom. The highest BCUT2D eigenvalue weighted by molar-refractivity contribution is 9.10. The molecule has 0 aromatic carbocycles. The highest BCUT2D eigenvalue weighted by Gasteiger charge is 2.10. The minimum atomic E-state index is 0.406. The Balaban J connectivity index is 2.22. The smallest absolute Gasteiger partial charge is 0.178 e. The van der Waals surface area contributed by atoms with E-state index in [-0.39, 0.29) is 0 Å². The molecule has 3 aromatic rings. The largest absolute Gasteiger partial charge is 0.383 e. The van der Waals surface area contributed by atoms with E-state index < -0.39 is 0 Å². The van der Waals surface area contributed by atoms with Gasteiger partial charge in [-0.2, -0.15) is 0 Å². The topological polar surface area (TPSA) is 80.5 Å². The second-order valence-electron chi connectivity index (χ2n) is 3.70. The van der Waals surface area contributed by atoms with Gasteiger partial charge in [0.15, 0.2) is 5.65 Å². The minimum Gasteiger partial charge on any atom is -0.383 e. The van der Waals surface area contributed by atoms with Gasteiger partial charge < -0.3 is 10.7 Å². The van der Waals surface area contributed by atoms with Gasteiger partial charge in [-0.25, -0.2) is 15.0 Å². The number of rotatable bonds is 1. The fourth-order valence-corrected chi connectivity index (χ4v) is 2.13. The summed E-state index contributed by atoms with van der Waals surface area (Å²) in [4.78, 5) is 15.7. The lowest BCUT2D eigenvalue weighted by atomic mass is 10.2. The van der Waals surface area contributed by atoms with Crippen LogP contribution in [0.3, 0.4) is 0 Å². The standard InChI is InChI=1S/C11H7BrClN5/c12-5-1-7(9(14)15-3-5)10-17-8-2-6(13)4-16-11(8)18-10/h1-4H,(H2,14,15)(H,16,17,18). The number of aromatic nitrogens is 4. The van der Waals surface area contributed by atoms with Crippen molar-refractivity contribution in [3.05, 3.63) is 34.0 Å². The molecule has 90 valence electrons. The molecule has 0 spiro atoms. The Morgan fingerprint density at radius 1 is 1.22 bits per heavy atom. The number of nitrogens with one attached hydrogen (secondary N) is 1. The fourth-order valence-electron chi connectivity index (χ4n) is 1.64. The van der Waals surface area contributed by atoms with E-state index in [2.05, 4.69) is 35.9 Å². The van der Waals surface area contributed by atoms with E-state index in [1.165, 1.54) is 0 Å². The Morgan fingerprint density at radius 3 is 2.89 bits per heavy atom. The summed E-state index contributed by atoms with van der Waals surface area (Å²) in [6.45, 7) is 0. The van der Waals surface area contributed by atoms with Crippen LogP contribution in [0.4, 0.5) is 5.82 Å². The van der Waals surface area contributed by atoms with Gasteiger partial charge in [0.2, 0.25) is 0 Å². The normalized spacial score (nSPS) is 11.0. The van der Waals surface area contributed by atoms with Crippen LogP contribution >= 0.6 is 27.5 Å². The molecule has 0 aliphatic heterocycles. The first-order valence-electron chi connectivity index (χ1n) is 5.06. The molecule has 3 rings (SSSR count). The molecule has 0 amide bonds. The summed E-state index contributed by atoms with van der Waals surface area (Å²) in [5.74, 6) is 1.02. The molecule has 0 aliphatic carbocycles. The number of H-pyrrole nitrogens is 1. The van der Waals surface area contributed by atoms with Gasteiger partial charge in [-0.1, -0.05) is 11.6 Å². The Labute approximate surface area is 116 Å². The molecule has 3 N–H and O–H groups in total. The summed E-state index contributed by atoms with van der Waals surface area (Å²) in [7, 11) is 0. The van der Waals surface area contributed by atoms with Gasteiger partial charge in [0.05, 0.1) is 16.1 Å². The quantitative estimate of drug-likeness (QED) is 0.721. The van der Waals surface area contributed by atoms with Crippen LogP contribution in [0.15, 0.2) is 29.0 Å². The molecule has 3 heterocycles. The maximum Gasteiger partial charge on any atom is 0.178 e. The van der Waals surface area contributed by atoms with Crippen molar-refractivity contribution in [1.29, 1.82) is 0 Å². The molecule has 0 aliphatic rings. The third kappa shape index (κ3) is 1.93. The van der Waals surface area contributed by atoms with Crippen molar-refractivity contribution in [2.75, 3.05) is 5.73 Å². The molecule has 7 heteroatoms. The number of halogens is 2. The van der Waals surface area contributed by atoms with E-state index in [9.17, 15) is 0 Å². The van der Waals surface area contributed by atoms with E-state index in [1.807, 2.05) is 6.07 Å². The Hall–Kier alpha value is -1.66. The highest BCUT2D eigenvalue weighted by Crippen LogP contribution is 2.26. The monoisotopic (exact) mass is 323 g/mol. The number of hydrogen-bond donors (Lipinski definition) is 2. The van der Waals surface area contributed by atoms with Gasteiger partial charge in [-0.3, -0.25) is 0 Å². The van der Waals surface area contributed by atoms with Crippen molar-refractivity contribution in [1.82, 2.24) is 19.9 Å². The third-order valence-electron chi connectivity index (χ3n) is 2.44. The number of nitrogens with two attached hydrogens (primary N) is 1. The maximum atomic E-state index is 5.88. The Bertz CT molecular complexity index is 739. The van der Waals surface area contributed by atoms with E-state index >= 15 is 0 Å². The van der Waals surface area contributed by atoms with Crippen LogP contribution in [0.5, 0.6) is 0 Å². The molecule has 3 aromatic heterocycles. The van der Waals surface area contributed by atoms with E-state index in [0.29, 0.717) is 22.3 Å². The van der Waals surface area contributed by atoms with Crippen molar-refractivity contribution in [3.63, 3.8) is 0 Å². The first-order chi connectivity index (χ1) is 8.63. The molecule has 0 unspecified atom stereocenters. The van der Waals surface area contributed by atoms with Gasteiger partial charge in [-0.15, -0.1) is 0 Å². The van der Waals surface area contributed by atoms with Crippen LogP contribution in [0, 0.1) is 0 Å². The first-order valence-corrected chi connectivity index (χ1v) is 6.23. The summed E-state index contributed by atoms with van der Waals surface area (Å²) < 4.78 is 0.832. The van der Waals surface area contributed by atoms with E-state index in [0.717, 1.165) is 15.6 Å². The van der Waals surface area contributed by atoms with Crippen LogP contribution < -0.4 is 5.73 Å². The van der Waals surface area contributed by atoms with Crippen LogP contribution in [0.25, 0.3) is 22.6 Å². The molecular formula is C11H7BrClN5. The van der Waals surface area contributed by atoms with Gasteiger partial charge in [0.25, 0.3) is 0 Å². The minimum absolute atomic E-state index is 0.406. The lowest BCUT2D eigenvalue weighted by molar-refractivity contribution is 1.26. The number of nitrogen functional groups attached to an aromatic ring is 1. The number of pyridine rings is 2. The van der Waals surface area contributed by atoms with E-state index in [4.69, 9.17) is 17.3 Å². The van der Waals surface area contributed by atoms with Crippen molar-refractivity contribution in [2.45, 2.75) is 0 Å². The molecule has 0 bridgehead atoms. The average molecular weight is 325 g/mol. The van der Waals surface area contributed by atoms with Crippen LogP contribution in [0.2, 0.25) is 5.02 Å². The second-order valence-corrected chi connectivity index (χ2v) is 5.05. The molecule has 0 saturated heterocycles. The van der Waals surface area contributed by atoms with Crippen molar-refractivity contribution in [3.8, 4) is 11.4 Å². The predicted octanol–water partition coefficient (Wildman–Crippen LogP) is 3.02. The molecule has 0 fully saturated rings. The summed E-state index contributed by atoms with van der Waals surface area (Å²) >= 11 is 9.23. The Kier molecular flexibility index (Phi) is 2.68. The number of fused-ring (bicyclic) bond motifs is 1. The molecule has 0 saturated carbocycles. The summed E-state index contributed by atoms with van der Waals surface area (Å²) in [5, 5.41) is 0.554. The number of imidazole rings is 1.